The smallest absolute Gasteiger partial charge is 0.339 e. The number of hydrogen-bond acceptors (Lipinski definition) is 5. The summed E-state index contributed by atoms with van der Waals surface area (Å²) in [4.78, 5) is 23.9. The summed E-state index contributed by atoms with van der Waals surface area (Å²) < 4.78 is 5.04. The lowest BCUT2D eigenvalue weighted by Crippen LogP contribution is -2.29. The molecule has 0 aliphatic carbocycles. The molecule has 1 N–H and O–H groups in total. The van der Waals surface area contributed by atoms with E-state index in [4.69, 9.17) is 10.00 Å². The molecule has 25 heavy (non-hydrogen) atoms. The molecule has 124 valence electrons. The van der Waals surface area contributed by atoms with Gasteiger partial charge in [0.15, 0.2) is 6.61 Å². The summed E-state index contributed by atoms with van der Waals surface area (Å²) >= 11 is 0. The summed E-state index contributed by atoms with van der Waals surface area (Å²) in [6.07, 6.45) is 0.188. The SMILES string of the molecule is N#CCCNC(=O)COC(=O)c1ccccc1-c1ccccc1C#N. The monoisotopic (exact) mass is 333 g/mol. The van der Waals surface area contributed by atoms with Crippen molar-refractivity contribution in [3.63, 3.8) is 0 Å². The molecule has 0 unspecified atom stereocenters. The maximum atomic E-state index is 12.3. The molecule has 0 aliphatic rings. The van der Waals surface area contributed by atoms with Crippen molar-refractivity contribution >= 4 is 11.9 Å². The van der Waals surface area contributed by atoms with Crippen molar-refractivity contribution in [2.75, 3.05) is 13.2 Å². The zero-order valence-electron chi connectivity index (χ0n) is 13.4. The first-order valence-corrected chi connectivity index (χ1v) is 7.56. The van der Waals surface area contributed by atoms with Crippen molar-refractivity contribution in [2.45, 2.75) is 6.42 Å². The van der Waals surface area contributed by atoms with Gasteiger partial charge in [-0.15, -0.1) is 0 Å². The van der Waals surface area contributed by atoms with E-state index < -0.39 is 18.5 Å². The molecule has 0 saturated heterocycles. The summed E-state index contributed by atoms with van der Waals surface area (Å²) in [5.74, 6) is -1.13. The average molecular weight is 333 g/mol. The van der Waals surface area contributed by atoms with E-state index in [9.17, 15) is 14.9 Å². The minimum atomic E-state index is -0.654. The zero-order chi connectivity index (χ0) is 18.1. The van der Waals surface area contributed by atoms with Crippen molar-refractivity contribution in [1.82, 2.24) is 5.32 Å². The number of esters is 1. The Balaban J connectivity index is 2.15. The predicted octanol–water partition coefficient (Wildman–Crippen LogP) is 2.41. The molecular weight excluding hydrogens is 318 g/mol. The second-order valence-electron chi connectivity index (χ2n) is 5.04. The number of nitrogens with one attached hydrogen (secondary N) is 1. The highest BCUT2D eigenvalue weighted by atomic mass is 16.5. The van der Waals surface area contributed by atoms with Gasteiger partial charge in [0.05, 0.1) is 29.7 Å². The van der Waals surface area contributed by atoms with Gasteiger partial charge in [-0.2, -0.15) is 10.5 Å². The maximum absolute atomic E-state index is 12.3. The number of benzene rings is 2. The topological polar surface area (TPSA) is 103 Å². The van der Waals surface area contributed by atoms with Crippen LogP contribution >= 0.6 is 0 Å². The van der Waals surface area contributed by atoms with E-state index in [-0.39, 0.29) is 18.5 Å². The lowest BCUT2D eigenvalue weighted by Gasteiger charge is -2.11. The quantitative estimate of drug-likeness (QED) is 0.646. The molecule has 0 saturated carbocycles. The molecule has 0 aromatic heterocycles. The van der Waals surface area contributed by atoms with Crippen LogP contribution in [0.25, 0.3) is 11.1 Å². The van der Waals surface area contributed by atoms with Crippen molar-refractivity contribution in [1.29, 1.82) is 10.5 Å². The van der Waals surface area contributed by atoms with Gasteiger partial charge in [-0.25, -0.2) is 4.79 Å². The molecule has 0 atom stereocenters. The fourth-order valence-electron chi connectivity index (χ4n) is 2.23. The van der Waals surface area contributed by atoms with Gasteiger partial charge in [0.1, 0.15) is 0 Å². The molecular formula is C19H15N3O3. The number of nitriles is 2. The number of nitrogens with zero attached hydrogens (tertiary/aromatic N) is 2. The molecule has 0 radical (unpaired) electrons. The molecule has 2 aromatic carbocycles. The lowest BCUT2D eigenvalue weighted by molar-refractivity contribution is -0.124. The fourth-order valence-corrected chi connectivity index (χ4v) is 2.23. The Hall–Kier alpha value is -3.64. The van der Waals surface area contributed by atoms with Crippen LogP contribution in [0.2, 0.25) is 0 Å². The third kappa shape index (κ3) is 4.66. The molecule has 2 rings (SSSR count). The van der Waals surface area contributed by atoms with Gasteiger partial charge < -0.3 is 10.1 Å². The van der Waals surface area contributed by atoms with Crippen molar-refractivity contribution in [2.24, 2.45) is 0 Å². The van der Waals surface area contributed by atoms with Gasteiger partial charge in [-0.3, -0.25) is 4.79 Å². The number of carbonyl (C=O) groups excluding carboxylic acids is 2. The van der Waals surface area contributed by atoms with E-state index in [1.54, 1.807) is 48.5 Å². The predicted molar refractivity (Wildman–Crippen MR) is 90.1 cm³/mol. The fraction of sp³-hybridized carbons (Fsp3) is 0.158. The second kappa shape index (κ2) is 8.85. The largest absolute Gasteiger partial charge is 0.452 e. The summed E-state index contributed by atoms with van der Waals surface area (Å²) in [5, 5.41) is 20.1. The third-order valence-electron chi connectivity index (χ3n) is 3.38. The first-order chi connectivity index (χ1) is 12.2. The second-order valence-corrected chi connectivity index (χ2v) is 5.04. The van der Waals surface area contributed by atoms with Crippen LogP contribution in [0.1, 0.15) is 22.3 Å². The van der Waals surface area contributed by atoms with Crippen LogP contribution in [0.15, 0.2) is 48.5 Å². The molecule has 6 nitrogen and oxygen atoms in total. The van der Waals surface area contributed by atoms with Gasteiger partial charge in [0.2, 0.25) is 0 Å². The number of hydrogen-bond donors (Lipinski definition) is 1. The van der Waals surface area contributed by atoms with Crippen LogP contribution in [0.5, 0.6) is 0 Å². The summed E-state index contributed by atoms with van der Waals surface area (Å²) in [6, 6.07) is 17.7. The zero-order valence-corrected chi connectivity index (χ0v) is 13.4. The first-order valence-electron chi connectivity index (χ1n) is 7.56. The van der Waals surface area contributed by atoms with E-state index in [1.165, 1.54) is 0 Å². The number of amides is 1. The average Bonchev–Trinajstić information content (AvgIpc) is 2.66. The van der Waals surface area contributed by atoms with E-state index in [2.05, 4.69) is 11.4 Å². The molecule has 0 heterocycles. The standard InChI is InChI=1S/C19H15N3O3/c20-10-5-11-22-18(23)13-25-19(24)17-9-4-3-8-16(17)15-7-2-1-6-14(15)12-21/h1-4,6-9H,5,11,13H2,(H,22,23). The number of carbonyl (C=O) groups is 2. The van der Waals surface area contributed by atoms with E-state index >= 15 is 0 Å². The van der Waals surface area contributed by atoms with Crippen LogP contribution < -0.4 is 5.32 Å². The lowest BCUT2D eigenvalue weighted by atomic mass is 9.96. The Morgan fingerprint density at radius 1 is 1.00 bits per heavy atom. The Kier molecular flexibility index (Phi) is 6.27. The minimum Gasteiger partial charge on any atom is -0.452 e. The Morgan fingerprint density at radius 3 is 2.40 bits per heavy atom. The molecule has 6 heteroatoms. The van der Waals surface area contributed by atoms with Crippen LogP contribution in [-0.2, 0) is 9.53 Å². The molecule has 0 spiro atoms. The normalized spacial score (nSPS) is 9.52. The van der Waals surface area contributed by atoms with Crippen LogP contribution in [0, 0.1) is 22.7 Å². The highest BCUT2D eigenvalue weighted by Gasteiger charge is 2.16. The molecule has 2 aromatic rings. The van der Waals surface area contributed by atoms with E-state index in [0.29, 0.717) is 16.7 Å². The molecule has 1 amide bonds. The van der Waals surface area contributed by atoms with Crippen LogP contribution in [-0.4, -0.2) is 25.0 Å². The van der Waals surface area contributed by atoms with Crippen molar-refractivity contribution in [3.05, 3.63) is 59.7 Å². The highest BCUT2D eigenvalue weighted by Crippen LogP contribution is 2.27. The van der Waals surface area contributed by atoms with Crippen LogP contribution in [0.4, 0.5) is 0 Å². The Labute approximate surface area is 145 Å². The summed E-state index contributed by atoms with van der Waals surface area (Å²) in [5.41, 5.74) is 1.90. The minimum absolute atomic E-state index is 0.188. The molecule has 0 bridgehead atoms. The first kappa shape index (κ1) is 17.7. The maximum Gasteiger partial charge on any atom is 0.339 e. The van der Waals surface area contributed by atoms with Gasteiger partial charge in [-0.1, -0.05) is 36.4 Å². The molecule has 0 aliphatic heterocycles. The summed E-state index contributed by atoms with van der Waals surface area (Å²) in [7, 11) is 0. The van der Waals surface area contributed by atoms with Crippen molar-refractivity contribution in [3.8, 4) is 23.3 Å². The van der Waals surface area contributed by atoms with Gasteiger partial charge >= 0.3 is 5.97 Å². The van der Waals surface area contributed by atoms with Gasteiger partial charge in [-0.05, 0) is 17.7 Å². The third-order valence-corrected chi connectivity index (χ3v) is 3.38. The van der Waals surface area contributed by atoms with Gasteiger partial charge in [0.25, 0.3) is 5.91 Å². The summed E-state index contributed by atoms with van der Waals surface area (Å²) in [6.45, 7) is -0.225. The van der Waals surface area contributed by atoms with Gasteiger partial charge in [0, 0.05) is 12.1 Å². The Bertz CT molecular complexity index is 863. The molecule has 0 fully saturated rings. The number of ether oxygens (including phenoxy) is 1. The van der Waals surface area contributed by atoms with Crippen LogP contribution in [0.3, 0.4) is 0 Å². The van der Waals surface area contributed by atoms with E-state index in [1.807, 2.05) is 6.07 Å². The number of rotatable bonds is 6. The van der Waals surface area contributed by atoms with E-state index in [0.717, 1.165) is 0 Å². The Morgan fingerprint density at radius 2 is 1.68 bits per heavy atom. The highest BCUT2D eigenvalue weighted by molar-refractivity contribution is 5.98. The van der Waals surface area contributed by atoms with Crippen molar-refractivity contribution < 1.29 is 14.3 Å².